The molecule has 1 amide bonds. The Kier molecular flexibility index (Phi) is 6.97. The van der Waals surface area contributed by atoms with Crippen molar-refractivity contribution in [2.75, 3.05) is 5.75 Å². The first kappa shape index (κ1) is 22.2. The Labute approximate surface area is 196 Å². The molecule has 2 aromatic heterocycles. The molecule has 0 fully saturated rings. The van der Waals surface area contributed by atoms with Gasteiger partial charge in [0.25, 0.3) is 0 Å². The van der Waals surface area contributed by atoms with Crippen molar-refractivity contribution in [1.82, 2.24) is 20.1 Å². The monoisotopic (exact) mass is 466 g/mol. The second kappa shape index (κ2) is 10.1. The zero-order chi connectivity index (χ0) is 22.5. The van der Waals surface area contributed by atoms with Gasteiger partial charge in [0.05, 0.1) is 30.2 Å². The lowest BCUT2D eigenvalue weighted by molar-refractivity contribution is -0.119. The van der Waals surface area contributed by atoms with Gasteiger partial charge in [-0.2, -0.15) is 0 Å². The Balaban J connectivity index is 1.50. The number of aromatic nitrogens is 3. The van der Waals surface area contributed by atoms with Gasteiger partial charge in [-0.3, -0.25) is 9.36 Å². The van der Waals surface area contributed by atoms with E-state index in [1.165, 1.54) is 11.8 Å². The number of hydrogen-bond acceptors (Lipinski definition) is 5. The minimum Gasteiger partial charge on any atom is -0.469 e. The highest BCUT2D eigenvalue weighted by molar-refractivity contribution is 7.99. The molecule has 164 valence electrons. The van der Waals surface area contributed by atoms with Gasteiger partial charge in [-0.05, 0) is 37.1 Å². The summed E-state index contributed by atoms with van der Waals surface area (Å²) in [6.07, 6.45) is 1.64. The SMILES string of the molecule is Cc1occc1-c1nnc(SCC(=O)NC(C)c2ccccc2Cl)n1Cc1ccccc1. The highest BCUT2D eigenvalue weighted by Gasteiger charge is 2.19. The standard InChI is InChI=1S/C24H23ClN4O2S/c1-16(19-10-6-7-11-21(19)25)26-22(30)15-32-24-28-27-23(20-12-13-31-17(20)2)29(24)14-18-8-4-3-5-9-18/h3-13,16H,14-15H2,1-2H3,(H,26,30). The maximum atomic E-state index is 12.6. The van der Waals surface area contributed by atoms with Gasteiger partial charge in [-0.1, -0.05) is 71.9 Å². The van der Waals surface area contributed by atoms with Crippen LogP contribution in [0.15, 0.2) is 76.5 Å². The van der Waals surface area contributed by atoms with Gasteiger partial charge in [-0.25, -0.2) is 0 Å². The number of amides is 1. The second-order valence-electron chi connectivity index (χ2n) is 7.37. The zero-order valence-electron chi connectivity index (χ0n) is 17.8. The van der Waals surface area contributed by atoms with Crippen molar-refractivity contribution in [3.63, 3.8) is 0 Å². The van der Waals surface area contributed by atoms with E-state index in [0.29, 0.717) is 22.5 Å². The molecule has 32 heavy (non-hydrogen) atoms. The predicted molar refractivity (Wildman–Crippen MR) is 127 cm³/mol. The molecule has 6 nitrogen and oxygen atoms in total. The van der Waals surface area contributed by atoms with Gasteiger partial charge in [-0.15, -0.1) is 10.2 Å². The van der Waals surface area contributed by atoms with E-state index in [2.05, 4.69) is 27.6 Å². The van der Waals surface area contributed by atoms with Crippen molar-refractivity contribution in [2.45, 2.75) is 31.6 Å². The normalized spacial score (nSPS) is 12.0. The average molecular weight is 467 g/mol. The summed E-state index contributed by atoms with van der Waals surface area (Å²) in [5, 5.41) is 13.1. The summed E-state index contributed by atoms with van der Waals surface area (Å²) in [5.41, 5.74) is 2.89. The summed E-state index contributed by atoms with van der Waals surface area (Å²) in [6.45, 7) is 4.41. The molecule has 8 heteroatoms. The fourth-order valence-electron chi connectivity index (χ4n) is 3.44. The molecule has 4 rings (SSSR count). The highest BCUT2D eigenvalue weighted by atomic mass is 35.5. The fraction of sp³-hybridized carbons (Fsp3) is 0.208. The lowest BCUT2D eigenvalue weighted by atomic mass is 10.1. The van der Waals surface area contributed by atoms with Gasteiger partial charge in [0.2, 0.25) is 5.91 Å². The molecule has 1 N–H and O–H groups in total. The van der Waals surface area contributed by atoms with E-state index in [0.717, 1.165) is 22.5 Å². The van der Waals surface area contributed by atoms with Crippen LogP contribution in [0.5, 0.6) is 0 Å². The van der Waals surface area contributed by atoms with E-state index >= 15 is 0 Å². The number of halogens is 1. The van der Waals surface area contributed by atoms with Gasteiger partial charge in [0, 0.05) is 5.02 Å². The molecule has 0 bridgehead atoms. The maximum absolute atomic E-state index is 12.6. The van der Waals surface area contributed by atoms with E-state index in [1.54, 1.807) is 6.26 Å². The lowest BCUT2D eigenvalue weighted by Crippen LogP contribution is -2.28. The number of carbonyl (C=O) groups is 1. The third-order valence-corrected chi connectivity index (χ3v) is 6.39. The Morgan fingerprint density at radius 2 is 1.88 bits per heavy atom. The molecule has 0 aliphatic heterocycles. The summed E-state index contributed by atoms with van der Waals surface area (Å²) in [4.78, 5) is 12.6. The zero-order valence-corrected chi connectivity index (χ0v) is 19.4. The third-order valence-electron chi connectivity index (χ3n) is 5.08. The molecule has 1 unspecified atom stereocenters. The molecular formula is C24H23ClN4O2S. The molecule has 1 atom stereocenters. The number of nitrogens with one attached hydrogen (secondary N) is 1. The minimum absolute atomic E-state index is 0.0993. The Morgan fingerprint density at radius 1 is 1.12 bits per heavy atom. The largest absolute Gasteiger partial charge is 0.469 e. The van der Waals surface area contributed by atoms with E-state index in [4.69, 9.17) is 16.0 Å². The molecule has 0 saturated carbocycles. The van der Waals surface area contributed by atoms with Crippen molar-refractivity contribution in [2.24, 2.45) is 0 Å². The van der Waals surface area contributed by atoms with Crippen molar-refractivity contribution in [1.29, 1.82) is 0 Å². The number of nitrogens with zero attached hydrogens (tertiary/aromatic N) is 3. The molecule has 2 aromatic carbocycles. The first-order valence-electron chi connectivity index (χ1n) is 10.2. The van der Waals surface area contributed by atoms with Crippen molar-refractivity contribution in [3.8, 4) is 11.4 Å². The summed E-state index contributed by atoms with van der Waals surface area (Å²) < 4.78 is 7.48. The summed E-state index contributed by atoms with van der Waals surface area (Å²) in [5.74, 6) is 1.60. The molecule has 0 radical (unpaired) electrons. The topological polar surface area (TPSA) is 72.9 Å². The number of thioether (sulfide) groups is 1. The molecular weight excluding hydrogens is 444 g/mol. The van der Waals surface area contributed by atoms with Gasteiger partial charge in [0.1, 0.15) is 5.76 Å². The van der Waals surface area contributed by atoms with Crippen LogP contribution in [0.3, 0.4) is 0 Å². The van der Waals surface area contributed by atoms with Crippen LogP contribution >= 0.6 is 23.4 Å². The van der Waals surface area contributed by atoms with Crippen LogP contribution in [0.4, 0.5) is 0 Å². The van der Waals surface area contributed by atoms with E-state index in [-0.39, 0.29) is 17.7 Å². The predicted octanol–water partition coefficient (Wildman–Crippen LogP) is 5.52. The van der Waals surface area contributed by atoms with Crippen LogP contribution in [-0.4, -0.2) is 26.4 Å². The van der Waals surface area contributed by atoms with E-state index in [9.17, 15) is 4.79 Å². The Bertz CT molecular complexity index is 1210. The van der Waals surface area contributed by atoms with Crippen molar-refractivity contribution in [3.05, 3.63) is 88.8 Å². The second-order valence-corrected chi connectivity index (χ2v) is 8.72. The summed E-state index contributed by atoms with van der Waals surface area (Å²) in [7, 11) is 0. The summed E-state index contributed by atoms with van der Waals surface area (Å²) in [6, 6.07) is 19.3. The molecule has 4 aromatic rings. The Morgan fingerprint density at radius 3 is 2.59 bits per heavy atom. The molecule has 0 aliphatic carbocycles. The van der Waals surface area contributed by atoms with Crippen LogP contribution in [0.25, 0.3) is 11.4 Å². The average Bonchev–Trinajstić information content (AvgIpc) is 3.38. The van der Waals surface area contributed by atoms with Gasteiger partial charge >= 0.3 is 0 Å². The molecule has 2 heterocycles. The maximum Gasteiger partial charge on any atom is 0.230 e. The molecule has 0 aliphatic rings. The smallest absolute Gasteiger partial charge is 0.230 e. The first-order chi connectivity index (χ1) is 15.5. The van der Waals surface area contributed by atoms with Crippen LogP contribution in [-0.2, 0) is 11.3 Å². The first-order valence-corrected chi connectivity index (χ1v) is 11.6. The highest BCUT2D eigenvalue weighted by Crippen LogP contribution is 2.28. The van der Waals surface area contributed by atoms with Gasteiger partial charge < -0.3 is 9.73 Å². The van der Waals surface area contributed by atoms with Gasteiger partial charge in [0.15, 0.2) is 11.0 Å². The van der Waals surface area contributed by atoms with Crippen LogP contribution in [0.2, 0.25) is 5.02 Å². The number of furan rings is 1. The third kappa shape index (κ3) is 5.06. The van der Waals surface area contributed by atoms with Crippen molar-refractivity contribution < 1.29 is 9.21 Å². The van der Waals surface area contributed by atoms with Crippen LogP contribution < -0.4 is 5.32 Å². The lowest BCUT2D eigenvalue weighted by Gasteiger charge is -2.15. The van der Waals surface area contributed by atoms with Crippen LogP contribution in [0.1, 0.15) is 29.9 Å². The quantitative estimate of drug-likeness (QED) is 0.346. The Hall–Kier alpha value is -3.03. The number of rotatable bonds is 8. The molecule has 0 spiro atoms. The number of aryl methyl sites for hydroxylation is 1. The number of hydrogen-bond donors (Lipinski definition) is 1. The fourth-order valence-corrected chi connectivity index (χ4v) is 4.49. The summed E-state index contributed by atoms with van der Waals surface area (Å²) >= 11 is 7.61. The molecule has 0 saturated heterocycles. The number of benzene rings is 2. The van der Waals surface area contributed by atoms with Crippen LogP contribution in [0, 0.1) is 6.92 Å². The van der Waals surface area contributed by atoms with E-state index < -0.39 is 0 Å². The number of carbonyl (C=O) groups excluding carboxylic acids is 1. The van der Waals surface area contributed by atoms with Crippen molar-refractivity contribution >= 4 is 29.3 Å². The van der Waals surface area contributed by atoms with E-state index in [1.807, 2.05) is 66.9 Å². The minimum atomic E-state index is -0.192.